The van der Waals surface area contributed by atoms with Gasteiger partial charge >= 0.3 is 5.97 Å². The number of cyclic esters (lactones) is 1. The summed E-state index contributed by atoms with van der Waals surface area (Å²) in [6.45, 7) is 11.8. The summed E-state index contributed by atoms with van der Waals surface area (Å²) in [5.74, 6) is 2.03. The number of hydrogen-bond acceptors (Lipinski definition) is 13. The number of hydrazine groups is 1. The van der Waals surface area contributed by atoms with E-state index in [4.69, 9.17) is 14.5 Å². The molecule has 67 heavy (non-hydrogen) atoms. The van der Waals surface area contributed by atoms with Gasteiger partial charge in [0.25, 0.3) is 11.8 Å². The Kier molecular flexibility index (Phi) is 14.6. The monoisotopic (exact) mass is 956 g/mol. The lowest BCUT2D eigenvalue weighted by Gasteiger charge is -2.36. The highest BCUT2D eigenvalue weighted by molar-refractivity contribution is 7.89. The SMILES string of the molecule is CC#CC(=O)N1CC[C@H](C(=O)N(C)[C@H](C(=O)N[C@H]2Cc3nc(cs3)-c3ccc4c(c3)c(c(-c3cccnc3[C@H](C)OC)n4S(C)(=O)=O)CC(C)(C)COC(=O)[C@@H]3CCCN(N3)C2=O)C(C)C)C1. The highest BCUT2D eigenvalue weighted by Crippen LogP contribution is 2.42. The number of benzene rings is 1. The number of hydrogen-bond donors (Lipinski definition) is 2. The van der Waals surface area contributed by atoms with E-state index in [1.54, 1.807) is 39.4 Å². The highest BCUT2D eigenvalue weighted by atomic mass is 32.2. The lowest BCUT2D eigenvalue weighted by atomic mass is 9.84. The van der Waals surface area contributed by atoms with Gasteiger partial charge in [-0.1, -0.05) is 39.7 Å². The summed E-state index contributed by atoms with van der Waals surface area (Å²) in [7, 11) is -0.800. The standard InChI is InChI=1S/C48H60N8O9S2/c1-10-13-40(57)54-21-18-31(25-54)45(59)53(7)42(28(2)3)44(58)51-36-23-39-50-37(26-66-39)30-16-17-38-33(22-30)34(24-48(5,6)27-65-47(61)35-15-12-20-55(52-35)46(36)60)43(56(38)67(9,62)63)32-14-11-19-49-41(32)29(4)64-8/h11,14,16-17,19,22,26,28-29,31,35-36,42,52H,12,15,18,20-21,23-25,27H2,1-9H3,(H,51,58)/t29-,31-,35-,36-,42-/m0/s1. The van der Waals surface area contributed by atoms with E-state index in [9.17, 15) is 32.4 Å². The van der Waals surface area contributed by atoms with Crippen LogP contribution in [0.15, 0.2) is 41.9 Å². The van der Waals surface area contributed by atoms with Gasteiger partial charge in [0, 0.05) is 73.7 Å². The Morgan fingerprint density at radius 3 is 2.58 bits per heavy atom. The number of carbonyl (C=O) groups excluding carboxylic acids is 5. The molecule has 0 saturated carbocycles. The zero-order chi connectivity index (χ0) is 48.5. The average Bonchev–Trinajstić information content (AvgIpc) is 4.05. The van der Waals surface area contributed by atoms with E-state index in [0.29, 0.717) is 81.9 Å². The normalized spacial score (nSPS) is 21.0. The van der Waals surface area contributed by atoms with E-state index in [1.165, 1.54) is 30.1 Å². The largest absolute Gasteiger partial charge is 0.464 e. The molecular weight excluding hydrogens is 897 g/mol. The third-order valence-electron chi connectivity index (χ3n) is 12.8. The predicted octanol–water partition coefficient (Wildman–Crippen LogP) is 4.35. The van der Waals surface area contributed by atoms with Gasteiger partial charge in [-0.15, -0.1) is 11.3 Å². The van der Waals surface area contributed by atoms with Crippen LogP contribution in [0.4, 0.5) is 0 Å². The first-order chi connectivity index (χ1) is 31.7. The highest BCUT2D eigenvalue weighted by Gasteiger charge is 2.41. The summed E-state index contributed by atoms with van der Waals surface area (Å²) in [5, 5.41) is 7.37. The smallest absolute Gasteiger partial charge is 0.324 e. The van der Waals surface area contributed by atoms with Crippen LogP contribution >= 0.6 is 11.3 Å². The molecule has 6 heterocycles. The van der Waals surface area contributed by atoms with Crippen LogP contribution in [0.2, 0.25) is 0 Å². The van der Waals surface area contributed by atoms with Gasteiger partial charge in [0.1, 0.15) is 18.1 Å². The zero-order valence-corrected chi connectivity index (χ0v) is 41.2. The van der Waals surface area contributed by atoms with Crippen LogP contribution in [-0.4, -0.2) is 132 Å². The molecule has 17 nitrogen and oxygen atoms in total. The molecule has 1 aromatic carbocycles. The Hall–Kier alpha value is -5.68. The molecule has 3 aliphatic rings. The van der Waals surface area contributed by atoms with Crippen LogP contribution in [0, 0.1) is 29.1 Å². The van der Waals surface area contributed by atoms with E-state index in [2.05, 4.69) is 27.6 Å². The van der Waals surface area contributed by atoms with Crippen molar-refractivity contribution >= 4 is 61.9 Å². The van der Waals surface area contributed by atoms with Crippen molar-refractivity contribution in [2.45, 2.75) is 97.9 Å². The van der Waals surface area contributed by atoms with Crippen LogP contribution < -0.4 is 10.7 Å². The van der Waals surface area contributed by atoms with Crippen molar-refractivity contribution in [2.24, 2.45) is 17.3 Å². The molecule has 0 aliphatic carbocycles. The molecule has 3 aromatic heterocycles. The second-order valence-electron chi connectivity index (χ2n) is 18.8. The minimum atomic E-state index is -3.93. The van der Waals surface area contributed by atoms with Crippen LogP contribution in [0.5, 0.6) is 0 Å². The third kappa shape index (κ3) is 10.4. The van der Waals surface area contributed by atoms with Crippen molar-refractivity contribution in [1.82, 2.24) is 39.5 Å². The summed E-state index contributed by atoms with van der Waals surface area (Å²) in [6.07, 6.45) is 3.91. The molecule has 2 N–H and O–H groups in total. The molecule has 4 aromatic rings. The van der Waals surface area contributed by atoms with E-state index in [-0.39, 0.29) is 43.8 Å². The van der Waals surface area contributed by atoms with Crippen molar-refractivity contribution in [3.05, 3.63) is 58.2 Å². The molecule has 358 valence electrons. The minimum absolute atomic E-state index is 0.0130. The number of amides is 4. The molecule has 3 aliphatic heterocycles. The fourth-order valence-corrected chi connectivity index (χ4v) is 11.3. The number of esters is 1. The van der Waals surface area contributed by atoms with Gasteiger partial charge in [-0.05, 0) is 81.2 Å². The summed E-state index contributed by atoms with van der Waals surface area (Å²) < 4.78 is 40.9. The molecular formula is C48H60N8O9S2. The maximum absolute atomic E-state index is 14.6. The molecule has 5 atom stereocenters. The topological polar surface area (TPSA) is 202 Å². The number of likely N-dealkylation sites (tertiary alicyclic amines) is 1. The Bertz CT molecular complexity index is 2750. The first-order valence-corrected chi connectivity index (χ1v) is 25.3. The molecule has 19 heteroatoms. The molecule has 4 amide bonds. The van der Waals surface area contributed by atoms with Crippen molar-refractivity contribution < 1.29 is 41.9 Å². The van der Waals surface area contributed by atoms with Crippen LogP contribution in [0.3, 0.4) is 0 Å². The van der Waals surface area contributed by atoms with Crippen LogP contribution in [-0.2, 0) is 56.3 Å². The summed E-state index contributed by atoms with van der Waals surface area (Å²) in [4.78, 5) is 81.9. The molecule has 2 saturated heterocycles. The number of ether oxygens (including phenoxy) is 2. The molecule has 0 spiro atoms. The number of likely N-dealkylation sites (N-methyl/N-ethyl adjacent to an activating group) is 1. The number of fused-ring (bicyclic) bond motifs is 6. The Morgan fingerprint density at radius 2 is 1.88 bits per heavy atom. The average molecular weight is 957 g/mol. The number of nitrogens with zero attached hydrogens (tertiary/aromatic N) is 6. The van der Waals surface area contributed by atoms with Gasteiger partial charge in [0.15, 0.2) is 0 Å². The van der Waals surface area contributed by atoms with Gasteiger partial charge in [-0.3, -0.25) is 34.0 Å². The van der Waals surface area contributed by atoms with Crippen LogP contribution in [0.1, 0.15) is 83.2 Å². The minimum Gasteiger partial charge on any atom is -0.464 e. The predicted molar refractivity (Wildman–Crippen MR) is 253 cm³/mol. The zero-order valence-electron chi connectivity index (χ0n) is 39.5. The number of nitrogens with one attached hydrogen (secondary N) is 2. The van der Waals surface area contributed by atoms with Crippen molar-refractivity contribution in [3.63, 3.8) is 0 Å². The third-order valence-corrected chi connectivity index (χ3v) is 14.7. The quantitative estimate of drug-likeness (QED) is 0.178. The number of thiazole rings is 1. The number of methoxy groups -OCH3 is 1. The molecule has 6 bridgehead atoms. The lowest BCUT2D eigenvalue weighted by molar-refractivity contribution is -0.155. The van der Waals surface area contributed by atoms with Gasteiger partial charge in [-0.2, -0.15) is 0 Å². The van der Waals surface area contributed by atoms with E-state index < -0.39 is 63.4 Å². The molecule has 2 fully saturated rings. The second-order valence-corrected chi connectivity index (χ2v) is 21.6. The summed E-state index contributed by atoms with van der Waals surface area (Å²) in [5.41, 5.74) is 6.35. The molecule has 0 radical (unpaired) electrons. The summed E-state index contributed by atoms with van der Waals surface area (Å²) in [6, 6.07) is 6.08. The van der Waals surface area contributed by atoms with Crippen LogP contribution in [0.25, 0.3) is 33.4 Å². The van der Waals surface area contributed by atoms with Gasteiger partial charge < -0.3 is 24.6 Å². The first kappa shape index (κ1) is 49.2. The van der Waals surface area contributed by atoms with Gasteiger partial charge in [0.2, 0.25) is 21.8 Å². The van der Waals surface area contributed by atoms with E-state index in [0.717, 1.165) is 6.26 Å². The second kappa shape index (κ2) is 19.9. The molecule has 7 rings (SSSR count). The van der Waals surface area contributed by atoms with Gasteiger partial charge in [0.05, 0.1) is 52.5 Å². The molecule has 0 unspecified atom stereocenters. The Labute approximate surface area is 396 Å². The first-order valence-electron chi connectivity index (χ1n) is 22.6. The maximum atomic E-state index is 14.6. The fraction of sp³-hybridized carbons (Fsp3) is 0.521. The summed E-state index contributed by atoms with van der Waals surface area (Å²) >= 11 is 1.31. The lowest BCUT2D eigenvalue weighted by Crippen LogP contribution is -2.62. The number of aromatic nitrogens is 3. The van der Waals surface area contributed by atoms with Crippen molar-refractivity contribution in [3.8, 4) is 34.4 Å². The Morgan fingerprint density at radius 1 is 1.12 bits per heavy atom. The number of rotatable bonds is 9. The van der Waals surface area contributed by atoms with Gasteiger partial charge in [-0.25, -0.2) is 22.8 Å². The fourth-order valence-electron chi connectivity index (χ4n) is 9.39. The van der Waals surface area contributed by atoms with E-state index in [1.807, 2.05) is 58.2 Å². The Balaban J connectivity index is 1.29. The van der Waals surface area contributed by atoms with Crippen molar-refractivity contribution in [1.29, 1.82) is 0 Å². The maximum Gasteiger partial charge on any atom is 0.324 e. The van der Waals surface area contributed by atoms with Crippen molar-refractivity contribution in [2.75, 3.05) is 46.7 Å². The number of carbonyl (C=O) groups is 5. The van der Waals surface area contributed by atoms with E-state index >= 15 is 0 Å². The number of pyridine rings is 1.